The molecule has 1 saturated heterocycles. The van der Waals surface area contributed by atoms with Gasteiger partial charge in [0.15, 0.2) is 0 Å². The molecule has 0 spiro atoms. The number of alkyl carbamates (subject to hydrolysis) is 1. The Balaban J connectivity index is 1.79. The van der Waals surface area contributed by atoms with Gasteiger partial charge in [-0.3, -0.25) is 0 Å². The van der Waals surface area contributed by atoms with Crippen LogP contribution in [0.1, 0.15) is 60.3 Å². The molecule has 0 aromatic carbocycles. The number of rotatable bonds is 5. The van der Waals surface area contributed by atoms with Crippen molar-refractivity contribution >= 4 is 6.09 Å². The molecule has 5 heteroatoms. The minimum absolute atomic E-state index is 0.305. The fraction of sp³-hybridized carbons (Fsp3) is 0.941. The second-order valence-corrected chi connectivity index (χ2v) is 7.92. The highest BCUT2D eigenvalue weighted by atomic mass is 16.6. The molecule has 1 amide bonds. The van der Waals surface area contributed by atoms with Gasteiger partial charge in [-0.05, 0) is 66.2 Å². The van der Waals surface area contributed by atoms with Crippen molar-refractivity contribution in [3.63, 3.8) is 0 Å². The van der Waals surface area contributed by atoms with Gasteiger partial charge in [0.1, 0.15) is 5.60 Å². The Morgan fingerprint density at radius 3 is 2.32 bits per heavy atom. The van der Waals surface area contributed by atoms with Gasteiger partial charge in [0.05, 0.1) is 12.2 Å². The lowest BCUT2D eigenvalue weighted by molar-refractivity contribution is -0.0439. The number of carbonyl (C=O) groups is 1. The summed E-state index contributed by atoms with van der Waals surface area (Å²) in [4.78, 5) is 11.8. The van der Waals surface area contributed by atoms with Crippen LogP contribution in [0.4, 0.5) is 4.79 Å². The molecule has 0 aromatic rings. The summed E-state index contributed by atoms with van der Waals surface area (Å²) < 4.78 is 11.1. The largest absolute Gasteiger partial charge is 0.444 e. The summed E-state index contributed by atoms with van der Waals surface area (Å²) in [5.74, 6) is 0.684. The molecular weight excluding hydrogens is 280 g/mol. The molecule has 3 unspecified atom stereocenters. The molecule has 2 N–H and O–H groups in total. The van der Waals surface area contributed by atoms with E-state index in [0.29, 0.717) is 36.8 Å². The van der Waals surface area contributed by atoms with Crippen LogP contribution in [0, 0.1) is 5.92 Å². The van der Waals surface area contributed by atoms with E-state index >= 15 is 0 Å². The van der Waals surface area contributed by atoms with Crippen LogP contribution in [0.15, 0.2) is 0 Å². The normalized spacial score (nSPS) is 30.7. The third-order valence-electron chi connectivity index (χ3n) is 4.20. The van der Waals surface area contributed by atoms with Crippen LogP contribution in [0.2, 0.25) is 0 Å². The molecule has 3 atom stereocenters. The Hall–Kier alpha value is -0.810. The molecule has 2 fully saturated rings. The van der Waals surface area contributed by atoms with Crippen LogP contribution >= 0.6 is 0 Å². The Morgan fingerprint density at radius 1 is 1.23 bits per heavy atom. The molecule has 1 heterocycles. The van der Waals surface area contributed by atoms with E-state index in [4.69, 9.17) is 9.47 Å². The van der Waals surface area contributed by atoms with Gasteiger partial charge >= 0.3 is 6.09 Å². The number of nitrogens with one attached hydrogen (secondary N) is 2. The third-order valence-corrected chi connectivity index (χ3v) is 4.20. The van der Waals surface area contributed by atoms with Gasteiger partial charge in [-0.2, -0.15) is 0 Å². The summed E-state index contributed by atoms with van der Waals surface area (Å²) in [5.41, 5.74) is -0.446. The van der Waals surface area contributed by atoms with E-state index in [9.17, 15) is 4.79 Å². The first kappa shape index (κ1) is 17.5. The summed E-state index contributed by atoms with van der Waals surface area (Å²) >= 11 is 0. The standard InChI is InChI=1S/C17H32N2O3/c1-11-8-14(9-12(2)21-11)19-15(13-6-7-13)10-18-16(20)22-17(3,4)5/h11-15,19H,6-10H2,1-5H3,(H,18,20). The number of amides is 1. The molecule has 1 aliphatic heterocycles. The van der Waals surface area contributed by atoms with E-state index in [1.165, 1.54) is 12.8 Å². The first-order chi connectivity index (χ1) is 10.2. The van der Waals surface area contributed by atoms with Gasteiger partial charge in [0, 0.05) is 18.6 Å². The van der Waals surface area contributed by atoms with E-state index in [-0.39, 0.29) is 6.09 Å². The quantitative estimate of drug-likeness (QED) is 0.819. The highest BCUT2D eigenvalue weighted by Gasteiger charge is 2.35. The smallest absolute Gasteiger partial charge is 0.407 e. The lowest BCUT2D eigenvalue weighted by atomic mass is 9.98. The maximum atomic E-state index is 11.8. The fourth-order valence-corrected chi connectivity index (χ4v) is 3.21. The first-order valence-corrected chi connectivity index (χ1v) is 8.61. The Bertz CT molecular complexity index is 367. The zero-order valence-corrected chi connectivity index (χ0v) is 14.6. The fourth-order valence-electron chi connectivity index (χ4n) is 3.21. The summed E-state index contributed by atoms with van der Waals surface area (Å²) in [6.07, 6.45) is 4.87. The van der Waals surface area contributed by atoms with Crippen molar-refractivity contribution in [2.45, 2.75) is 90.2 Å². The lowest BCUT2D eigenvalue weighted by Crippen LogP contribution is -2.51. The Kier molecular flexibility index (Phi) is 5.72. The highest BCUT2D eigenvalue weighted by Crippen LogP contribution is 2.33. The van der Waals surface area contributed by atoms with Crippen molar-refractivity contribution in [3.8, 4) is 0 Å². The zero-order valence-electron chi connectivity index (χ0n) is 14.6. The summed E-state index contributed by atoms with van der Waals surface area (Å²) in [6, 6.07) is 0.819. The summed E-state index contributed by atoms with van der Waals surface area (Å²) in [7, 11) is 0. The van der Waals surface area contributed by atoms with Crippen molar-refractivity contribution in [1.82, 2.24) is 10.6 Å². The second-order valence-electron chi connectivity index (χ2n) is 7.92. The predicted molar refractivity (Wildman–Crippen MR) is 86.9 cm³/mol. The number of hydrogen-bond donors (Lipinski definition) is 2. The monoisotopic (exact) mass is 312 g/mol. The average Bonchev–Trinajstić information content (AvgIpc) is 3.15. The highest BCUT2D eigenvalue weighted by molar-refractivity contribution is 5.67. The van der Waals surface area contributed by atoms with Gasteiger partial charge in [0.2, 0.25) is 0 Å². The van der Waals surface area contributed by atoms with Crippen LogP contribution < -0.4 is 10.6 Å². The van der Waals surface area contributed by atoms with E-state index in [2.05, 4.69) is 24.5 Å². The minimum atomic E-state index is -0.446. The van der Waals surface area contributed by atoms with Gasteiger partial charge in [0.25, 0.3) is 0 Å². The van der Waals surface area contributed by atoms with Crippen molar-refractivity contribution < 1.29 is 14.3 Å². The average molecular weight is 312 g/mol. The predicted octanol–water partition coefficient (Wildman–Crippen LogP) is 2.84. The van der Waals surface area contributed by atoms with Crippen LogP contribution in [-0.2, 0) is 9.47 Å². The van der Waals surface area contributed by atoms with Gasteiger partial charge < -0.3 is 20.1 Å². The number of ether oxygens (including phenoxy) is 2. The molecule has 128 valence electrons. The summed E-state index contributed by atoms with van der Waals surface area (Å²) in [6.45, 7) is 10.6. The maximum Gasteiger partial charge on any atom is 0.407 e. The SMILES string of the molecule is CC1CC(NC(CNC(=O)OC(C)(C)C)C2CC2)CC(C)O1. The van der Waals surface area contributed by atoms with E-state index in [1.54, 1.807) is 0 Å². The lowest BCUT2D eigenvalue weighted by Gasteiger charge is -2.35. The summed E-state index contributed by atoms with van der Waals surface area (Å²) in [5, 5.41) is 6.66. The minimum Gasteiger partial charge on any atom is -0.444 e. The topological polar surface area (TPSA) is 59.6 Å². The molecule has 1 saturated carbocycles. The third kappa shape index (κ3) is 6.13. The molecular formula is C17H32N2O3. The van der Waals surface area contributed by atoms with E-state index in [1.807, 2.05) is 20.8 Å². The molecule has 2 aliphatic rings. The molecule has 2 rings (SSSR count). The van der Waals surface area contributed by atoms with Crippen molar-refractivity contribution in [3.05, 3.63) is 0 Å². The maximum absolute atomic E-state index is 11.8. The zero-order chi connectivity index (χ0) is 16.3. The van der Waals surface area contributed by atoms with Gasteiger partial charge in [-0.15, -0.1) is 0 Å². The number of hydrogen-bond acceptors (Lipinski definition) is 4. The van der Waals surface area contributed by atoms with Crippen molar-refractivity contribution in [2.24, 2.45) is 5.92 Å². The number of carbonyl (C=O) groups excluding carboxylic acids is 1. The van der Waals surface area contributed by atoms with Crippen LogP contribution in [0.5, 0.6) is 0 Å². The molecule has 5 nitrogen and oxygen atoms in total. The van der Waals surface area contributed by atoms with E-state index in [0.717, 1.165) is 12.8 Å². The van der Waals surface area contributed by atoms with Crippen molar-refractivity contribution in [1.29, 1.82) is 0 Å². The van der Waals surface area contributed by atoms with Crippen LogP contribution in [-0.4, -0.2) is 42.5 Å². The molecule has 0 bridgehead atoms. The first-order valence-electron chi connectivity index (χ1n) is 8.61. The van der Waals surface area contributed by atoms with Crippen molar-refractivity contribution in [2.75, 3.05) is 6.54 Å². The Morgan fingerprint density at radius 2 is 1.82 bits per heavy atom. The van der Waals surface area contributed by atoms with Gasteiger partial charge in [-0.1, -0.05) is 0 Å². The van der Waals surface area contributed by atoms with Crippen LogP contribution in [0.25, 0.3) is 0 Å². The molecule has 1 aliphatic carbocycles. The molecule has 22 heavy (non-hydrogen) atoms. The molecule has 0 aromatic heterocycles. The van der Waals surface area contributed by atoms with E-state index < -0.39 is 5.60 Å². The van der Waals surface area contributed by atoms with Crippen LogP contribution in [0.3, 0.4) is 0 Å². The molecule has 0 radical (unpaired) electrons. The van der Waals surface area contributed by atoms with Gasteiger partial charge in [-0.25, -0.2) is 4.79 Å². The second kappa shape index (κ2) is 7.18. The Labute approximate surface area is 134 Å².